The molecule has 18 heavy (non-hydrogen) atoms. The number of carboxylic acid groups (broad SMARTS) is 1. The van der Waals surface area contributed by atoms with Gasteiger partial charge in [-0.05, 0) is 31.6 Å². The molecule has 1 rings (SSSR count). The number of nitrogens with one attached hydrogen (secondary N) is 1. The standard InChI is InChI=1S/C13H24N2O3/c1-5-9(2)8-15(4)12(18)14-13(3,11(16)17)10-6-7-10/h9-10H,5-8H2,1-4H3,(H,14,18)(H,16,17). The maximum atomic E-state index is 12.0. The number of aliphatic carboxylic acids is 1. The van der Waals surface area contributed by atoms with Gasteiger partial charge in [0.1, 0.15) is 5.54 Å². The van der Waals surface area contributed by atoms with Gasteiger partial charge in [-0.1, -0.05) is 20.3 Å². The Balaban J connectivity index is 2.59. The highest BCUT2D eigenvalue weighted by Crippen LogP contribution is 2.39. The van der Waals surface area contributed by atoms with Crippen LogP contribution >= 0.6 is 0 Å². The van der Waals surface area contributed by atoms with E-state index in [4.69, 9.17) is 0 Å². The fourth-order valence-corrected chi connectivity index (χ4v) is 1.99. The van der Waals surface area contributed by atoms with Gasteiger partial charge in [-0.25, -0.2) is 9.59 Å². The predicted molar refractivity (Wildman–Crippen MR) is 69.4 cm³/mol. The lowest BCUT2D eigenvalue weighted by Crippen LogP contribution is -2.57. The molecule has 0 aromatic carbocycles. The molecule has 2 unspecified atom stereocenters. The third-order valence-electron chi connectivity index (χ3n) is 3.83. The molecule has 0 aliphatic heterocycles. The fourth-order valence-electron chi connectivity index (χ4n) is 1.99. The van der Waals surface area contributed by atoms with Gasteiger partial charge in [-0.3, -0.25) is 0 Å². The molecule has 0 bridgehead atoms. The molecule has 5 nitrogen and oxygen atoms in total. The quantitative estimate of drug-likeness (QED) is 0.763. The molecule has 0 saturated heterocycles. The van der Waals surface area contributed by atoms with Gasteiger partial charge in [0, 0.05) is 13.6 Å². The van der Waals surface area contributed by atoms with Crippen LogP contribution in [0.1, 0.15) is 40.0 Å². The Morgan fingerprint density at radius 3 is 2.44 bits per heavy atom. The van der Waals surface area contributed by atoms with E-state index in [0.29, 0.717) is 12.5 Å². The van der Waals surface area contributed by atoms with E-state index in [1.54, 1.807) is 18.9 Å². The Kier molecular flexibility index (Phi) is 4.59. The summed E-state index contributed by atoms with van der Waals surface area (Å²) in [6, 6.07) is -0.299. The minimum absolute atomic E-state index is 0.0657. The van der Waals surface area contributed by atoms with Crippen molar-refractivity contribution < 1.29 is 14.7 Å². The van der Waals surface area contributed by atoms with E-state index in [1.807, 2.05) is 0 Å². The van der Waals surface area contributed by atoms with E-state index in [9.17, 15) is 14.7 Å². The van der Waals surface area contributed by atoms with Crippen LogP contribution in [0, 0.1) is 11.8 Å². The summed E-state index contributed by atoms with van der Waals surface area (Å²) in [4.78, 5) is 24.9. The zero-order valence-corrected chi connectivity index (χ0v) is 11.7. The molecule has 0 aromatic rings. The second kappa shape index (κ2) is 5.59. The highest BCUT2D eigenvalue weighted by atomic mass is 16.4. The van der Waals surface area contributed by atoms with Crippen LogP contribution in [0.3, 0.4) is 0 Å². The van der Waals surface area contributed by atoms with E-state index in [0.717, 1.165) is 19.3 Å². The van der Waals surface area contributed by atoms with Crippen molar-refractivity contribution in [2.75, 3.05) is 13.6 Å². The van der Waals surface area contributed by atoms with Crippen LogP contribution in [0.2, 0.25) is 0 Å². The molecule has 2 N–H and O–H groups in total. The normalized spacial score (nSPS) is 19.8. The van der Waals surface area contributed by atoms with Crippen molar-refractivity contribution in [3.05, 3.63) is 0 Å². The van der Waals surface area contributed by atoms with Crippen LogP contribution in [0.25, 0.3) is 0 Å². The molecule has 0 aromatic heterocycles. The number of urea groups is 1. The van der Waals surface area contributed by atoms with Crippen molar-refractivity contribution in [3.8, 4) is 0 Å². The number of amides is 2. The molecule has 2 atom stereocenters. The predicted octanol–water partition coefficient (Wildman–Crippen LogP) is 1.93. The second-order valence-electron chi connectivity index (χ2n) is 5.61. The van der Waals surface area contributed by atoms with Crippen LogP contribution in [0.5, 0.6) is 0 Å². The molecule has 1 saturated carbocycles. The van der Waals surface area contributed by atoms with Crippen molar-refractivity contribution in [1.82, 2.24) is 10.2 Å². The minimum atomic E-state index is -1.12. The lowest BCUT2D eigenvalue weighted by atomic mass is 9.96. The van der Waals surface area contributed by atoms with Crippen molar-refractivity contribution >= 4 is 12.0 Å². The lowest BCUT2D eigenvalue weighted by Gasteiger charge is -2.30. The first-order valence-electron chi connectivity index (χ1n) is 6.58. The Labute approximate surface area is 109 Å². The summed E-state index contributed by atoms with van der Waals surface area (Å²) < 4.78 is 0. The Bertz CT molecular complexity index is 328. The van der Waals surface area contributed by atoms with Crippen molar-refractivity contribution in [2.45, 2.75) is 45.6 Å². The van der Waals surface area contributed by atoms with Crippen LogP contribution < -0.4 is 5.32 Å². The minimum Gasteiger partial charge on any atom is -0.480 e. The smallest absolute Gasteiger partial charge is 0.329 e. The maximum Gasteiger partial charge on any atom is 0.329 e. The summed E-state index contributed by atoms with van der Waals surface area (Å²) >= 11 is 0. The molecule has 5 heteroatoms. The number of nitrogens with zero attached hydrogens (tertiary/aromatic N) is 1. The first-order valence-corrected chi connectivity index (χ1v) is 6.58. The highest BCUT2D eigenvalue weighted by Gasteiger charge is 2.48. The molecule has 1 aliphatic carbocycles. The van der Waals surface area contributed by atoms with Gasteiger partial charge >= 0.3 is 12.0 Å². The van der Waals surface area contributed by atoms with Gasteiger partial charge in [-0.2, -0.15) is 0 Å². The van der Waals surface area contributed by atoms with E-state index >= 15 is 0 Å². The molecule has 104 valence electrons. The summed E-state index contributed by atoms with van der Waals surface area (Å²) in [5.74, 6) is -0.469. The van der Waals surface area contributed by atoms with Crippen molar-refractivity contribution in [1.29, 1.82) is 0 Å². The van der Waals surface area contributed by atoms with E-state index in [1.165, 1.54) is 0 Å². The number of hydrogen-bond donors (Lipinski definition) is 2. The number of hydrogen-bond acceptors (Lipinski definition) is 2. The number of carbonyl (C=O) groups excluding carboxylic acids is 1. The maximum absolute atomic E-state index is 12.0. The molecule has 0 heterocycles. The number of carbonyl (C=O) groups is 2. The summed E-state index contributed by atoms with van der Waals surface area (Å²) in [7, 11) is 1.71. The van der Waals surface area contributed by atoms with Gasteiger partial charge in [0.15, 0.2) is 0 Å². The third kappa shape index (κ3) is 3.37. The van der Waals surface area contributed by atoms with E-state index in [-0.39, 0.29) is 11.9 Å². The van der Waals surface area contributed by atoms with Crippen LogP contribution in [0.15, 0.2) is 0 Å². The first kappa shape index (κ1) is 14.8. The Morgan fingerprint density at radius 1 is 1.50 bits per heavy atom. The second-order valence-corrected chi connectivity index (χ2v) is 5.61. The zero-order chi connectivity index (χ0) is 13.9. The number of carboxylic acids is 1. The van der Waals surface area contributed by atoms with E-state index < -0.39 is 11.5 Å². The average Bonchev–Trinajstić information content (AvgIpc) is 3.12. The van der Waals surface area contributed by atoms with Crippen LogP contribution in [0.4, 0.5) is 4.79 Å². The van der Waals surface area contributed by atoms with Gasteiger partial charge in [0.2, 0.25) is 0 Å². The fraction of sp³-hybridized carbons (Fsp3) is 0.846. The Morgan fingerprint density at radius 2 is 2.06 bits per heavy atom. The third-order valence-corrected chi connectivity index (χ3v) is 3.83. The van der Waals surface area contributed by atoms with Crippen molar-refractivity contribution in [3.63, 3.8) is 0 Å². The number of rotatable bonds is 6. The Hall–Kier alpha value is -1.26. The van der Waals surface area contributed by atoms with Crippen molar-refractivity contribution in [2.24, 2.45) is 11.8 Å². The average molecular weight is 256 g/mol. The first-order chi connectivity index (χ1) is 8.31. The SMILES string of the molecule is CCC(C)CN(C)C(=O)NC(C)(C(=O)O)C1CC1. The summed E-state index contributed by atoms with van der Waals surface area (Å²) in [6.07, 6.45) is 2.74. The summed E-state index contributed by atoms with van der Waals surface area (Å²) in [6.45, 7) is 6.38. The molecule has 0 spiro atoms. The highest BCUT2D eigenvalue weighted by molar-refractivity contribution is 5.86. The van der Waals surface area contributed by atoms with E-state index in [2.05, 4.69) is 19.2 Å². The lowest BCUT2D eigenvalue weighted by molar-refractivity contribution is -0.144. The van der Waals surface area contributed by atoms with Crippen LogP contribution in [-0.4, -0.2) is 41.1 Å². The summed E-state index contributed by atoms with van der Waals surface area (Å²) in [5, 5.41) is 11.9. The molecule has 1 aliphatic rings. The van der Waals surface area contributed by atoms with Gasteiger partial charge < -0.3 is 15.3 Å². The molecule has 0 radical (unpaired) electrons. The molecule has 2 amide bonds. The summed E-state index contributed by atoms with van der Waals surface area (Å²) in [5.41, 5.74) is -1.12. The molecular weight excluding hydrogens is 232 g/mol. The van der Waals surface area contributed by atoms with Crippen LogP contribution in [-0.2, 0) is 4.79 Å². The largest absolute Gasteiger partial charge is 0.480 e. The van der Waals surface area contributed by atoms with Gasteiger partial charge in [0.25, 0.3) is 0 Å². The monoisotopic (exact) mass is 256 g/mol. The zero-order valence-electron chi connectivity index (χ0n) is 11.7. The molecule has 1 fully saturated rings. The molecular formula is C13H24N2O3. The van der Waals surface area contributed by atoms with Gasteiger partial charge in [0.05, 0.1) is 0 Å². The van der Waals surface area contributed by atoms with Gasteiger partial charge in [-0.15, -0.1) is 0 Å². The topological polar surface area (TPSA) is 69.6 Å².